The quantitative estimate of drug-likeness (QED) is 0.390. The lowest BCUT2D eigenvalue weighted by Crippen LogP contribution is -2.51. The summed E-state index contributed by atoms with van der Waals surface area (Å²) in [6.45, 7) is 18.1. The van der Waals surface area contributed by atoms with Crippen LogP contribution in [0.25, 0.3) is 0 Å². The summed E-state index contributed by atoms with van der Waals surface area (Å²) in [5, 5.41) is 10.6. The summed E-state index contributed by atoms with van der Waals surface area (Å²) in [7, 11) is 0. The molecule has 4 nitrogen and oxygen atoms in total. The monoisotopic (exact) mass is 392 g/mol. The van der Waals surface area contributed by atoms with Gasteiger partial charge in [0.2, 0.25) is 0 Å². The second kappa shape index (κ2) is 12.9. The highest BCUT2D eigenvalue weighted by Gasteiger charge is 2.31. The van der Waals surface area contributed by atoms with Crippen molar-refractivity contribution in [2.75, 3.05) is 0 Å². The zero-order chi connectivity index (χ0) is 21.8. The molecule has 28 heavy (non-hydrogen) atoms. The molecule has 1 aliphatic carbocycles. The van der Waals surface area contributed by atoms with Gasteiger partial charge in [-0.15, -0.1) is 0 Å². The van der Waals surface area contributed by atoms with Crippen LogP contribution in [0.15, 0.2) is 24.3 Å². The summed E-state index contributed by atoms with van der Waals surface area (Å²) in [6, 6.07) is 6.81. The van der Waals surface area contributed by atoms with Crippen molar-refractivity contribution in [3.05, 3.63) is 39.9 Å². The maximum atomic E-state index is 10.6. The van der Waals surface area contributed by atoms with Crippen LogP contribution in [0.2, 0.25) is 0 Å². The average molecular weight is 393 g/mol. The molecule has 0 saturated heterocycles. The van der Waals surface area contributed by atoms with Gasteiger partial charge >= 0.3 is 0 Å². The highest BCUT2D eigenvalue weighted by Crippen LogP contribution is 2.27. The fourth-order valence-electron chi connectivity index (χ4n) is 3.45. The Morgan fingerprint density at radius 2 is 1.14 bits per heavy atom. The third-order valence-corrected chi connectivity index (χ3v) is 4.61. The molecule has 1 aliphatic rings. The van der Waals surface area contributed by atoms with Gasteiger partial charge in [0.15, 0.2) is 0 Å². The molecule has 0 aromatic heterocycles. The zero-order valence-electron chi connectivity index (χ0n) is 19.7. The van der Waals surface area contributed by atoms with Crippen LogP contribution in [0.1, 0.15) is 106 Å². The van der Waals surface area contributed by atoms with Crippen molar-refractivity contribution in [2.24, 2.45) is 0 Å². The summed E-state index contributed by atoms with van der Waals surface area (Å²) in [4.78, 5) is 12.7. The molecule has 0 N–H and O–H groups in total. The topological polar surface area (TPSA) is 46.4 Å². The van der Waals surface area contributed by atoms with Crippen molar-refractivity contribution in [1.82, 2.24) is 4.90 Å². The van der Waals surface area contributed by atoms with Gasteiger partial charge in [-0.3, -0.25) is 15.0 Å². The normalized spacial score (nSPS) is 14.5. The molecule has 1 aromatic rings. The van der Waals surface area contributed by atoms with Crippen LogP contribution >= 0.6 is 0 Å². The van der Waals surface area contributed by atoms with Crippen LogP contribution in [0.4, 0.5) is 5.69 Å². The SMILES string of the molecule is C1CCCCC1.CC(C)(C)N(Cc1ccc([N+](=O)[O-])cc1)C(C)(C)C.CCC. The Morgan fingerprint density at radius 3 is 1.39 bits per heavy atom. The molecule has 0 atom stereocenters. The van der Waals surface area contributed by atoms with Crippen LogP contribution in [-0.2, 0) is 6.54 Å². The molecule has 1 saturated carbocycles. The number of nitro benzene ring substituents is 1. The average Bonchev–Trinajstić information content (AvgIpc) is 2.61. The fraction of sp³-hybridized carbons (Fsp3) is 0.750. The van der Waals surface area contributed by atoms with Crippen molar-refractivity contribution in [1.29, 1.82) is 0 Å². The first kappa shape index (κ1) is 26.6. The van der Waals surface area contributed by atoms with Gasteiger partial charge in [-0.05, 0) is 47.1 Å². The van der Waals surface area contributed by atoms with Gasteiger partial charge < -0.3 is 0 Å². The van der Waals surface area contributed by atoms with Gasteiger partial charge in [-0.25, -0.2) is 0 Å². The lowest BCUT2D eigenvalue weighted by molar-refractivity contribution is -0.384. The molecule has 0 radical (unpaired) electrons. The van der Waals surface area contributed by atoms with Crippen molar-refractivity contribution in [3.8, 4) is 0 Å². The lowest BCUT2D eigenvalue weighted by atomic mass is 9.95. The standard InChI is InChI=1S/C15H24N2O2.C6H12.C3H8/c1-14(2,3)16(15(4,5)6)11-12-7-9-13(10-8-12)17(18)19;1-2-4-6-5-3-1;1-3-2/h7-10H,11H2,1-6H3;1-6H2;3H2,1-2H3. The highest BCUT2D eigenvalue weighted by molar-refractivity contribution is 5.33. The van der Waals surface area contributed by atoms with Gasteiger partial charge in [-0.1, -0.05) is 70.9 Å². The molecule has 1 aromatic carbocycles. The van der Waals surface area contributed by atoms with Crippen molar-refractivity contribution < 1.29 is 4.92 Å². The second-order valence-corrected chi connectivity index (χ2v) is 9.68. The maximum Gasteiger partial charge on any atom is 0.269 e. The number of nitro groups is 1. The molecular weight excluding hydrogens is 348 g/mol. The van der Waals surface area contributed by atoms with E-state index in [1.807, 2.05) is 12.1 Å². The minimum atomic E-state index is -0.366. The first-order chi connectivity index (χ1) is 12.9. The molecule has 0 spiro atoms. The number of nitrogens with zero attached hydrogens (tertiary/aromatic N) is 2. The predicted molar refractivity (Wildman–Crippen MR) is 122 cm³/mol. The molecule has 0 unspecified atom stereocenters. The summed E-state index contributed by atoms with van der Waals surface area (Å²) in [6.07, 6.45) is 10.2. The predicted octanol–water partition coefficient (Wildman–Crippen LogP) is 7.75. The fourth-order valence-corrected chi connectivity index (χ4v) is 3.45. The van der Waals surface area contributed by atoms with Crippen LogP contribution in [0.5, 0.6) is 0 Å². The van der Waals surface area contributed by atoms with E-state index >= 15 is 0 Å². The van der Waals surface area contributed by atoms with E-state index in [4.69, 9.17) is 0 Å². The molecule has 162 valence electrons. The van der Waals surface area contributed by atoms with Gasteiger partial charge in [0.1, 0.15) is 0 Å². The van der Waals surface area contributed by atoms with E-state index in [2.05, 4.69) is 60.3 Å². The lowest BCUT2D eigenvalue weighted by Gasteiger charge is -2.45. The van der Waals surface area contributed by atoms with E-state index < -0.39 is 0 Å². The summed E-state index contributed by atoms with van der Waals surface area (Å²) >= 11 is 0. The Bertz CT molecular complexity index is 510. The van der Waals surface area contributed by atoms with Crippen LogP contribution in [0, 0.1) is 10.1 Å². The smallest absolute Gasteiger partial charge is 0.269 e. The third-order valence-electron chi connectivity index (χ3n) is 4.61. The number of benzene rings is 1. The van der Waals surface area contributed by atoms with Gasteiger partial charge in [0.05, 0.1) is 4.92 Å². The van der Waals surface area contributed by atoms with Crippen LogP contribution < -0.4 is 0 Å². The summed E-state index contributed by atoms with van der Waals surface area (Å²) in [5.41, 5.74) is 1.32. The van der Waals surface area contributed by atoms with Gasteiger partial charge in [0, 0.05) is 29.8 Å². The first-order valence-corrected chi connectivity index (χ1v) is 10.9. The van der Waals surface area contributed by atoms with Crippen molar-refractivity contribution in [3.63, 3.8) is 0 Å². The minimum absolute atomic E-state index is 0.0417. The summed E-state index contributed by atoms with van der Waals surface area (Å²) in [5.74, 6) is 0. The number of hydrogen-bond donors (Lipinski definition) is 0. The third kappa shape index (κ3) is 11.4. The van der Waals surface area contributed by atoms with E-state index in [0.29, 0.717) is 0 Å². The largest absolute Gasteiger partial charge is 0.289 e. The van der Waals surface area contributed by atoms with E-state index in [9.17, 15) is 10.1 Å². The van der Waals surface area contributed by atoms with Crippen molar-refractivity contribution >= 4 is 5.69 Å². The molecule has 1 fully saturated rings. The minimum Gasteiger partial charge on any atom is -0.289 e. The molecule has 0 bridgehead atoms. The Hall–Kier alpha value is -1.42. The molecule has 0 amide bonds. The van der Waals surface area contributed by atoms with E-state index in [0.717, 1.165) is 12.1 Å². The molecule has 4 heteroatoms. The second-order valence-electron chi connectivity index (χ2n) is 9.68. The van der Waals surface area contributed by atoms with Gasteiger partial charge in [-0.2, -0.15) is 0 Å². The highest BCUT2D eigenvalue weighted by atomic mass is 16.6. The van der Waals surface area contributed by atoms with E-state index in [1.165, 1.54) is 44.9 Å². The molecular formula is C24H44N2O2. The Morgan fingerprint density at radius 1 is 0.821 bits per heavy atom. The maximum absolute atomic E-state index is 10.6. The molecule has 2 rings (SSSR count). The van der Waals surface area contributed by atoms with Crippen molar-refractivity contribution in [2.45, 2.75) is 118 Å². The number of rotatable bonds is 3. The van der Waals surface area contributed by atoms with E-state index in [1.54, 1.807) is 12.1 Å². The first-order valence-electron chi connectivity index (χ1n) is 10.9. The Labute approximate surface area is 173 Å². The Kier molecular flexibility index (Phi) is 12.3. The van der Waals surface area contributed by atoms with E-state index in [-0.39, 0.29) is 21.7 Å². The molecule has 0 heterocycles. The zero-order valence-corrected chi connectivity index (χ0v) is 19.7. The summed E-state index contributed by atoms with van der Waals surface area (Å²) < 4.78 is 0. The molecule has 0 aliphatic heterocycles. The van der Waals surface area contributed by atoms with Crippen LogP contribution in [-0.4, -0.2) is 20.9 Å². The van der Waals surface area contributed by atoms with Gasteiger partial charge in [0.25, 0.3) is 5.69 Å². The Balaban J connectivity index is 0.000000665. The van der Waals surface area contributed by atoms with Crippen LogP contribution in [0.3, 0.4) is 0 Å². The number of hydrogen-bond acceptors (Lipinski definition) is 3. The number of non-ortho nitro benzene ring substituents is 1.